The number of fused-ring (bicyclic) bond motifs is 1. The molecule has 0 saturated heterocycles. The molecule has 0 radical (unpaired) electrons. The Morgan fingerprint density at radius 2 is 1.69 bits per heavy atom. The van der Waals surface area contributed by atoms with E-state index in [2.05, 4.69) is 26.2 Å². The number of amides is 1. The maximum atomic E-state index is 12.6. The Labute approximate surface area is 176 Å². The number of benzene rings is 3. The molecule has 5 nitrogen and oxygen atoms in total. The molecule has 144 valence electrons. The molecule has 4 rings (SSSR count). The third-order valence-corrected chi connectivity index (χ3v) is 5.13. The van der Waals surface area contributed by atoms with Gasteiger partial charge in [-0.3, -0.25) is 14.2 Å². The summed E-state index contributed by atoms with van der Waals surface area (Å²) in [6, 6.07) is 23.1. The molecule has 0 aliphatic rings. The van der Waals surface area contributed by atoms with Gasteiger partial charge in [-0.25, -0.2) is 4.98 Å². The topological polar surface area (TPSA) is 64.0 Å². The molecule has 0 saturated carbocycles. The Bertz CT molecular complexity index is 1220. The molecule has 0 aliphatic heterocycles. The van der Waals surface area contributed by atoms with Gasteiger partial charge in [0.05, 0.1) is 17.2 Å². The van der Waals surface area contributed by atoms with E-state index in [4.69, 9.17) is 0 Å². The van der Waals surface area contributed by atoms with E-state index in [0.717, 1.165) is 21.3 Å². The first-order valence-electron chi connectivity index (χ1n) is 9.20. The van der Waals surface area contributed by atoms with Gasteiger partial charge in [0, 0.05) is 23.1 Å². The lowest BCUT2D eigenvalue weighted by Crippen LogP contribution is -2.23. The molecule has 1 heterocycles. The van der Waals surface area contributed by atoms with Crippen LogP contribution in [0.2, 0.25) is 0 Å². The Hall–Kier alpha value is -3.25. The molecule has 1 aromatic heterocycles. The molecule has 0 spiro atoms. The molecule has 3 aromatic carbocycles. The first kappa shape index (κ1) is 19.1. The lowest BCUT2D eigenvalue weighted by atomic mass is 10.1. The lowest BCUT2D eigenvalue weighted by molar-refractivity contribution is -0.116. The summed E-state index contributed by atoms with van der Waals surface area (Å²) >= 11 is 3.37. The van der Waals surface area contributed by atoms with Crippen LogP contribution in [0, 0.1) is 0 Å². The molecule has 1 amide bonds. The molecule has 6 heteroatoms. The fourth-order valence-electron chi connectivity index (χ4n) is 3.11. The van der Waals surface area contributed by atoms with Crippen LogP contribution in [0.5, 0.6) is 0 Å². The van der Waals surface area contributed by atoms with Crippen LogP contribution >= 0.6 is 15.9 Å². The minimum atomic E-state index is -0.156. The zero-order valence-electron chi connectivity index (χ0n) is 15.5. The third-order valence-electron chi connectivity index (χ3n) is 4.64. The van der Waals surface area contributed by atoms with Crippen LogP contribution in [0.15, 0.2) is 88.4 Å². The van der Waals surface area contributed by atoms with E-state index in [9.17, 15) is 9.59 Å². The molecule has 0 fully saturated rings. The van der Waals surface area contributed by atoms with Gasteiger partial charge >= 0.3 is 0 Å². The van der Waals surface area contributed by atoms with Crippen LogP contribution in [-0.4, -0.2) is 15.5 Å². The van der Waals surface area contributed by atoms with E-state index in [-0.39, 0.29) is 24.4 Å². The number of carbonyl (C=O) groups excluding carboxylic acids is 1. The van der Waals surface area contributed by atoms with Crippen LogP contribution in [-0.2, 0) is 11.3 Å². The Morgan fingerprint density at radius 1 is 0.966 bits per heavy atom. The quantitative estimate of drug-likeness (QED) is 0.475. The molecular weight excluding hydrogens is 430 g/mol. The number of aromatic nitrogens is 2. The van der Waals surface area contributed by atoms with Crippen LogP contribution in [0.3, 0.4) is 0 Å². The highest BCUT2D eigenvalue weighted by Crippen LogP contribution is 2.21. The van der Waals surface area contributed by atoms with Crippen LogP contribution < -0.4 is 10.9 Å². The number of aryl methyl sites for hydroxylation is 1. The number of rotatable bonds is 5. The molecule has 0 unspecified atom stereocenters. The minimum absolute atomic E-state index is 0.154. The zero-order chi connectivity index (χ0) is 20.2. The summed E-state index contributed by atoms with van der Waals surface area (Å²) in [7, 11) is 0. The second kappa shape index (κ2) is 8.41. The summed E-state index contributed by atoms with van der Waals surface area (Å²) in [6.07, 6.45) is 1.67. The summed E-state index contributed by atoms with van der Waals surface area (Å²) in [5, 5.41) is 3.40. The van der Waals surface area contributed by atoms with Crippen molar-refractivity contribution in [3.63, 3.8) is 0 Å². The molecule has 1 N–H and O–H groups in total. The van der Waals surface area contributed by atoms with Crippen molar-refractivity contribution in [2.75, 3.05) is 5.32 Å². The number of carbonyl (C=O) groups is 1. The molecule has 29 heavy (non-hydrogen) atoms. The monoisotopic (exact) mass is 447 g/mol. The van der Waals surface area contributed by atoms with Crippen molar-refractivity contribution < 1.29 is 4.79 Å². The van der Waals surface area contributed by atoms with Gasteiger partial charge in [0.25, 0.3) is 5.56 Å². The Balaban J connectivity index is 1.41. The van der Waals surface area contributed by atoms with Gasteiger partial charge in [-0.05, 0) is 41.5 Å². The second-order valence-electron chi connectivity index (χ2n) is 6.65. The van der Waals surface area contributed by atoms with Crippen molar-refractivity contribution >= 4 is 38.4 Å². The van der Waals surface area contributed by atoms with Crippen molar-refractivity contribution in [1.29, 1.82) is 0 Å². The Kier molecular flexibility index (Phi) is 5.53. The lowest BCUT2D eigenvalue weighted by Gasteiger charge is -2.09. The number of halogens is 1. The predicted molar refractivity (Wildman–Crippen MR) is 119 cm³/mol. The number of hydrogen-bond acceptors (Lipinski definition) is 3. The number of nitrogens with one attached hydrogen (secondary N) is 1. The number of anilines is 1. The second-order valence-corrected chi connectivity index (χ2v) is 7.56. The zero-order valence-corrected chi connectivity index (χ0v) is 17.1. The third kappa shape index (κ3) is 4.43. The highest BCUT2D eigenvalue weighted by atomic mass is 79.9. The molecule has 4 aromatic rings. The minimum Gasteiger partial charge on any atom is -0.326 e. The van der Waals surface area contributed by atoms with Gasteiger partial charge < -0.3 is 5.32 Å². The number of hydrogen-bond donors (Lipinski definition) is 1. The molecule has 0 aliphatic carbocycles. The van der Waals surface area contributed by atoms with E-state index < -0.39 is 0 Å². The summed E-state index contributed by atoms with van der Waals surface area (Å²) < 4.78 is 2.28. The first-order valence-corrected chi connectivity index (χ1v) is 9.99. The van der Waals surface area contributed by atoms with Crippen molar-refractivity contribution in [2.24, 2.45) is 0 Å². The van der Waals surface area contributed by atoms with Crippen molar-refractivity contribution in [1.82, 2.24) is 9.55 Å². The van der Waals surface area contributed by atoms with Crippen LogP contribution in [0.25, 0.3) is 22.0 Å². The van der Waals surface area contributed by atoms with Crippen LogP contribution in [0.1, 0.15) is 6.42 Å². The number of nitrogens with zero attached hydrogens (tertiary/aromatic N) is 2. The fourth-order valence-corrected chi connectivity index (χ4v) is 3.47. The first-order chi connectivity index (χ1) is 14.1. The summed E-state index contributed by atoms with van der Waals surface area (Å²) in [4.78, 5) is 29.2. The van der Waals surface area contributed by atoms with E-state index in [1.54, 1.807) is 12.1 Å². The molecular formula is C23H18BrN3O2. The van der Waals surface area contributed by atoms with Gasteiger partial charge in [0.2, 0.25) is 5.91 Å². The van der Waals surface area contributed by atoms with E-state index in [1.165, 1.54) is 10.9 Å². The van der Waals surface area contributed by atoms with Gasteiger partial charge in [0.15, 0.2) is 0 Å². The van der Waals surface area contributed by atoms with Crippen molar-refractivity contribution in [2.45, 2.75) is 13.0 Å². The molecule has 0 bridgehead atoms. The summed E-state index contributed by atoms with van der Waals surface area (Å²) in [5.74, 6) is -0.154. The maximum absolute atomic E-state index is 12.6. The van der Waals surface area contributed by atoms with Crippen molar-refractivity contribution in [3.8, 4) is 11.1 Å². The van der Waals surface area contributed by atoms with Gasteiger partial charge in [-0.1, -0.05) is 58.4 Å². The largest absolute Gasteiger partial charge is 0.326 e. The van der Waals surface area contributed by atoms with Gasteiger partial charge in [0.1, 0.15) is 0 Å². The summed E-state index contributed by atoms with van der Waals surface area (Å²) in [5.41, 5.74) is 3.42. The average molecular weight is 448 g/mol. The van der Waals surface area contributed by atoms with Crippen LogP contribution in [0.4, 0.5) is 5.69 Å². The van der Waals surface area contributed by atoms with Gasteiger partial charge in [-0.15, -0.1) is 0 Å². The fraction of sp³-hybridized carbons (Fsp3) is 0.0870. The summed E-state index contributed by atoms with van der Waals surface area (Å²) in [6.45, 7) is 0.266. The standard InChI is InChI=1S/C23H18BrN3O2/c24-18-8-11-21-20(14-18)23(29)27(15-25-21)13-12-22(28)26-19-9-6-17(7-10-19)16-4-2-1-3-5-16/h1-11,14-15H,12-13H2,(H,26,28). The normalized spacial score (nSPS) is 10.8. The van der Waals surface area contributed by atoms with Gasteiger partial charge in [-0.2, -0.15) is 0 Å². The molecule has 0 atom stereocenters. The smallest absolute Gasteiger partial charge is 0.261 e. The maximum Gasteiger partial charge on any atom is 0.261 e. The van der Waals surface area contributed by atoms with Crippen molar-refractivity contribution in [3.05, 3.63) is 94.0 Å². The van der Waals surface area contributed by atoms with E-state index in [0.29, 0.717) is 10.9 Å². The predicted octanol–water partition coefficient (Wildman–Crippen LogP) is 4.85. The highest BCUT2D eigenvalue weighted by Gasteiger charge is 2.08. The highest BCUT2D eigenvalue weighted by molar-refractivity contribution is 9.10. The Morgan fingerprint density at radius 3 is 2.45 bits per heavy atom. The average Bonchev–Trinajstić information content (AvgIpc) is 2.75. The SMILES string of the molecule is O=C(CCn1cnc2ccc(Br)cc2c1=O)Nc1ccc(-c2ccccc2)cc1. The van der Waals surface area contributed by atoms with E-state index in [1.807, 2.05) is 60.7 Å². The van der Waals surface area contributed by atoms with E-state index >= 15 is 0 Å².